The molecule has 0 fully saturated rings. The first kappa shape index (κ1) is 12.3. The summed E-state index contributed by atoms with van der Waals surface area (Å²) in [6.45, 7) is 2.10. The van der Waals surface area contributed by atoms with Crippen LogP contribution in [0.4, 0.5) is 0 Å². The van der Waals surface area contributed by atoms with Crippen LogP contribution >= 0.6 is 11.8 Å². The number of aliphatic hydroxyl groups is 1. The molecule has 0 aliphatic carbocycles. The third-order valence-electron chi connectivity index (χ3n) is 2.07. The molecule has 0 radical (unpaired) electrons. The van der Waals surface area contributed by atoms with Crippen molar-refractivity contribution in [2.75, 3.05) is 12.4 Å². The molecule has 0 heterocycles. The van der Waals surface area contributed by atoms with Gasteiger partial charge in [0.05, 0.1) is 0 Å². The van der Waals surface area contributed by atoms with E-state index in [0.717, 1.165) is 22.6 Å². The van der Waals surface area contributed by atoms with Crippen LogP contribution in [0.3, 0.4) is 0 Å². The predicted octanol–water partition coefficient (Wildman–Crippen LogP) is 2.75. The van der Waals surface area contributed by atoms with Crippen LogP contribution in [0.15, 0.2) is 29.2 Å². The molecule has 0 amide bonds. The van der Waals surface area contributed by atoms with Gasteiger partial charge in [0.15, 0.2) is 5.78 Å². The number of aliphatic hydroxyl groups excluding tert-OH is 1. The highest BCUT2D eigenvalue weighted by molar-refractivity contribution is 7.99. The zero-order chi connectivity index (χ0) is 11.1. The Kier molecular flexibility index (Phi) is 5.43. The van der Waals surface area contributed by atoms with Crippen molar-refractivity contribution in [3.63, 3.8) is 0 Å². The highest BCUT2D eigenvalue weighted by atomic mass is 32.2. The molecule has 0 bridgehead atoms. The Balaban J connectivity index is 2.52. The molecule has 0 aliphatic rings. The van der Waals surface area contributed by atoms with E-state index in [4.69, 9.17) is 5.11 Å². The van der Waals surface area contributed by atoms with Crippen molar-refractivity contribution in [3.8, 4) is 0 Å². The molecule has 1 aromatic rings. The standard InChI is InChI=1S/C12H16O2S/c1-2-12(14)10-4-6-11(7-5-10)15-9-3-8-13/h4-7,13H,2-3,8-9H2,1H3. The molecule has 1 rings (SSSR count). The van der Waals surface area contributed by atoms with Crippen LogP contribution in [-0.2, 0) is 0 Å². The number of carbonyl (C=O) groups excluding carboxylic acids is 1. The zero-order valence-electron chi connectivity index (χ0n) is 8.90. The molecule has 0 atom stereocenters. The summed E-state index contributed by atoms with van der Waals surface area (Å²) in [7, 11) is 0. The predicted molar refractivity (Wildman–Crippen MR) is 63.5 cm³/mol. The summed E-state index contributed by atoms with van der Waals surface area (Å²) in [4.78, 5) is 12.5. The maximum atomic E-state index is 11.3. The Morgan fingerprint density at radius 1 is 1.33 bits per heavy atom. The number of hydrogen-bond acceptors (Lipinski definition) is 3. The largest absolute Gasteiger partial charge is 0.396 e. The van der Waals surface area contributed by atoms with E-state index in [9.17, 15) is 4.79 Å². The van der Waals surface area contributed by atoms with Gasteiger partial charge in [-0.15, -0.1) is 11.8 Å². The van der Waals surface area contributed by atoms with E-state index in [1.54, 1.807) is 11.8 Å². The zero-order valence-corrected chi connectivity index (χ0v) is 9.72. The fraction of sp³-hybridized carbons (Fsp3) is 0.417. The summed E-state index contributed by atoms with van der Waals surface area (Å²) in [5.74, 6) is 1.10. The van der Waals surface area contributed by atoms with E-state index in [1.807, 2.05) is 31.2 Å². The fourth-order valence-electron chi connectivity index (χ4n) is 1.20. The van der Waals surface area contributed by atoms with Gasteiger partial charge >= 0.3 is 0 Å². The van der Waals surface area contributed by atoms with Crippen LogP contribution in [0, 0.1) is 0 Å². The smallest absolute Gasteiger partial charge is 0.162 e. The summed E-state index contributed by atoms with van der Waals surface area (Å²) >= 11 is 1.70. The lowest BCUT2D eigenvalue weighted by atomic mass is 10.1. The number of benzene rings is 1. The second kappa shape index (κ2) is 6.64. The van der Waals surface area contributed by atoms with Crippen molar-refractivity contribution in [3.05, 3.63) is 29.8 Å². The monoisotopic (exact) mass is 224 g/mol. The van der Waals surface area contributed by atoms with Crippen molar-refractivity contribution in [2.45, 2.75) is 24.7 Å². The molecule has 0 aliphatic heterocycles. The highest BCUT2D eigenvalue weighted by Crippen LogP contribution is 2.19. The van der Waals surface area contributed by atoms with Gasteiger partial charge in [0.2, 0.25) is 0 Å². The Bertz CT molecular complexity index is 306. The first-order valence-corrected chi connectivity index (χ1v) is 6.13. The van der Waals surface area contributed by atoms with Crippen LogP contribution in [0.2, 0.25) is 0 Å². The lowest BCUT2D eigenvalue weighted by Crippen LogP contribution is -1.95. The maximum Gasteiger partial charge on any atom is 0.162 e. The van der Waals surface area contributed by atoms with E-state index in [1.165, 1.54) is 0 Å². The van der Waals surface area contributed by atoms with Crippen LogP contribution in [-0.4, -0.2) is 23.2 Å². The summed E-state index contributed by atoms with van der Waals surface area (Å²) in [5, 5.41) is 8.64. The van der Waals surface area contributed by atoms with Crippen molar-refractivity contribution in [2.24, 2.45) is 0 Å². The molecule has 1 N–H and O–H groups in total. The lowest BCUT2D eigenvalue weighted by molar-refractivity contribution is 0.0988. The van der Waals surface area contributed by atoms with Gasteiger partial charge in [-0.1, -0.05) is 19.1 Å². The number of carbonyl (C=O) groups is 1. The topological polar surface area (TPSA) is 37.3 Å². The van der Waals surface area contributed by atoms with Crippen LogP contribution in [0.1, 0.15) is 30.1 Å². The van der Waals surface area contributed by atoms with Gasteiger partial charge in [-0.25, -0.2) is 0 Å². The summed E-state index contributed by atoms with van der Waals surface area (Å²) in [6.07, 6.45) is 1.36. The first-order valence-electron chi connectivity index (χ1n) is 5.15. The minimum Gasteiger partial charge on any atom is -0.396 e. The van der Waals surface area contributed by atoms with Gasteiger partial charge in [0, 0.05) is 29.2 Å². The van der Waals surface area contributed by atoms with Gasteiger partial charge in [-0.05, 0) is 18.6 Å². The maximum absolute atomic E-state index is 11.3. The average Bonchev–Trinajstić information content (AvgIpc) is 2.29. The Morgan fingerprint density at radius 2 is 2.00 bits per heavy atom. The number of ketones is 1. The van der Waals surface area contributed by atoms with Gasteiger partial charge in [0.25, 0.3) is 0 Å². The number of hydrogen-bond donors (Lipinski definition) is 1. The molecule has 82 valence electrons. The SMILES string of the molecule is CCC(=O)c1ccc(SCCCO)cc1. The van der Waals surface area contributed by atoms with E-state index >= 15 is 0 Å². The van der Waals surface area contributed by atoms with Gasteiger partial charge in [-0.3, -0.25) is 4.79 Å². The third kappa shape index (κ3) is 4.06. The summed E-state index contributed by atoms with van der Waals surface area (Å²) < 4.78 is 0. The Labute approximate surface area is 94.7 Å². The quantitative estimate of drug-likeness (QED) is 0.458. The van der Waals surface area contributed by atoms with Gasteiger partial charge in [-0.2, -0.15) is 0 Å². The average molecular weight is 224 g/mol. The minimum absolute atomic E-state index is 0.182. The third-order valence-corrected chi connectivity index (χ3v) is 3.17. The van der Waals surface area contributed by atoms with Gasteiger partial charge in [0.1, 0.15) is 0 Å². The Morgan fingerprint density at radius 3 is 2.53 bits per heavy atom. The molecule has 3 heteroatoms. The van der Waals surface area contributed by atoms with E-state index in [2.05, 4.69) is 0 Å². The molecular weight excluding hydrogens is 208 g/mol. The van der Waals surface area contributed by atoms with Crippen LogP contribution in [0.25, 0.3) is 0 Å². The minimum atomic E-state index is 0.182. The molecule has 0 unspecified atom stereocenters. The number of rotatable bonds is 6. The summed E-state index contributed by atoms with van der Waals surface area (Å²) in [6, 6.07) is 7.66. The molecular formula is C12H16O2S. The first-order chi connectivity index (χ1) is 7.27. The van der Waals surface area contributed by atoms with E-state index in [0.29, 0.717) is 6.42 Å². The van der Waals surface area contributed by atoms with Gasteiger partial charge < -0.3 is 5.11 Å². The van der Waals surface area contributed by atoms with Crippen molar-refractivity contribution in [1.82, 2.24) is 0 Å². The second-order valence-corrected chi connectivity index (χ2v) is 4.40. The highest BCUT2D eigenvalue weighted by Gasteiger charge is 2.02. The lowest BCUT2D eigenvalue weighted by Gasteiger charge is -2.02. The van der Waals surface area contributed by atoms with Crippen LogP contribution < -0.4 is 0 Å². The summed E-state index contributed by atoms with van der Waals surface area (Å²) in [5.41, 5.74) is 0.781. The van der Waals surface area contributed by atoms with E-state index < -0.39 is 0 Å². The molecule has 1 aromatic carbocycles. The van der Waals surface area contributed by atoms with Crippen molar-refractivity contribution >= 4 is 17.5 Å². The fourth-order valence-corrected chi connectivity index (χ4v) is 2.03. The molecule has 2 nitrogen and oxygen atoms in total. The van der Waals surface area contributed by atoms with Crippen molar-refractivity contribution in [1.29, 1.82) is 0 Å². The van der Waals surface area contributed by atoms with Crippen LogP contribution in [0.5, 0.6) is 0 Å². The normalized spacial score (nSPS) is 10.3. The molecule has 0 aromatic heterocycles. The van der Waals surface area contributed by atoms with E-state index in [-0.39, 0.29) is 12.4 Å². The second-order valence-electron chi connectivity index (χ2n) is 3.23. The number of thioether (sulfide) groups is 1. The molecule has 0 spiro atoms. The molecule has 0 saturated heterocycles. The number of Topliss-reactive ketones (excluding diaryl/α,β-unsaturated/α-hetero) is 1. The Hall–Kier alpha value is -0.800. The van der Waals surface area contributed by atoms with Crippen molar-refractivity contribution < 1.29 is 9.90 Å². The molecule has 0 saturated carbocycles. The molecule has 15 heavy (non-hydrogen) atoms.